The first-order valence-electron chi connectivity index (χ1n) is 6.95. The zero-order valence-corrected chi connectivity index (χ0v) is 11.4. The van der Waals surface area contributed by atoms with Gasteiger partial charge in [-0.15, -0.1) is 0 Å². The molecule has 0 aliphatic carbocycles. The number of hydrogen-bond donors (Lipinski definition) is 7. The molecule has 0 aromatic carbocycles. The van der Waals surface area contributed by atoms with Gasteiger partial charge in [0.05, 0.1) is 18.8 Å². The minimum atomic E-state index is -1.52. The molecule has 0 spiro atoms. The van der Waals surface area contributed by atoms with Crippen molar-refractivity contribution < 1.29 is 40.1 Å². The van der Waals surface area contributed by atoms with Crippen LogP contribution in [0.25, 0.3) is 0 Å². The van der Waals surface area contributed by atoms with E-state index in [0.29, 0.717) is 6.54 Å². The molecule has 2 saturated heterocycles. The van der Waals surface area contributed by atoms with Crippen LogP contribution < -0.4 is 5.32 Å². The minimum Gasteiger partial charge on any atom is -0.396 e. The molecule has 7 N–H and O–H groups in total. The van der Waals surface area contributed by atoms with E-state index in [1.54, 1.807) is 0 Å². The SMILES string of the molecule is OC[C@H]1CNC[C@@H](O[C@@H]2O[C@H](CO)[C@@H](O)[C@H](O)[C@H]2O)[C@@H]1O. The maximum atomic E-state index is 10.1. The van der Waals surface area contributed by atoms with Crippen molar-refractivity contribution in [3.05, 3.63) is 0 Å². The minimum absolute atomic E-state index is 0.220. The Kier molecular flexibility index (Phi) is 5.88. The molecule has 0 saturated carbocycles. The zero-order valence-electron chi connectivity index (χ0n) is 11.4. The lowest BCUT2D eigenvalue weighted by Crippen LogP contribution is -2.62. The average Bonchev–Trinajstić information content (AvgIpc) is 2.49. The van der Waals surface area contributed by atoms with Crippen LogP contribution in [0, 0.1) is 5.92 Å². The van der Waals surface area contributed by atoms with Crippen LogP contribution in [-0.2, 0) is 9.47 Å². The fourth-order valence-electron chi connectivity index (χ4n) is 2.61. The third kappa shape index (κ3) is 3.52. The fraction of sp³-hybridized carbons (Fsp3) is 1.00. The van der Waals surface area contributed by atoms with E-state index in [9.17, 15) is 20.4 Å². The molecule has 0 aromatic rings. The van der Waals surface area contributed by atoms with Crippen molar-refractivity contribution in [3.63, 3.8) is 0 Å². The Hall–Kier alpha value is -0.360. The van der Waals surface area contributed by atoms with Gasteiger partial charge in [-0.1, -0.05) is 0 Å². The van der Waals surface area contributed by atoms with Crippen molar-refractivity contribution >= 4 is 0 Å². The Bertz CT molecular complexity index is 330. The van der Waals surface area contributed by atoms with E-state index in [0.717, 1.165) is 0 Å². The second-order valence-corrected chi connectivity index (χ2v) is 5.46. The summed E-state index contributed by atoms with van der Waals surface area (Å²) in [6.45, 7) is -0.0445. The highest BCUT2D eigenvalue weighted by molar-refractivity contribution is 4.91. The van der Waals surface area contributed by atoms with Gasteiger partial charge >= 0.3 is 0 Å². The van der Waals surface area contributed by atoms with Crippen LogP contribution in [0.4, 0.5) is 0 Å². The van der Waals surface area contributed by atoms with Gasteiger partial charge in [0.15, 0.2) is 6.29 Å². The second kappa shape index (κ2) is 7.27. The molecule has 2 aliphatic rings. The van der Waals surface area contributed by atoms with E-state index < -0.39 is 55.4 Å². The highest BCUT2D eigenvalue weighted by atomic mass is 16.7. The van der Waals surface area contributed by atoms with Crippen molar-refractivity contribution in [1.82, 2.24) is 5.32 Å². The van der Waals surface area contributed by atoms with Crippen LogP contribution in [0.3, 0.4) is 0 Å². The number of nitrogens with one attached hydrogen (secondary N) is 1. The molecule has 0 amide bonds. The molecule has 9 nitrogen and oxygen atoms in total. The van der Waals surface area contributed by atoms with Gasteiger partial charge in [-0.25, -0.2) is 0 Å². The van der Waals surface area contributed by atoms with Crippen molar-refractivity contribution in [2.75, 3.05) is 26.3 Å². The second-order valence-electron chi connectivity index (χ2n) is 5.46. The van der Waals surface area contributed by atoms with Gasteiger partial charge in [0.25, 0.3) is 0 Å². The van der Waals surface area contributed by atoms with Crippen molar-refractivity contribution in [2.45, 2.75) is 42.9 Å². The quantitative estimate of drug-likeness (QED) is 0.274. The zero-order chi connectivity index (χ0) is 15.6. The molecule has 0 aromatic heterocycles. The largest absolute Gasteiger partial charge is 0.396 e. The van der Waals surface area contributed by atoms with E-state index in [-0.39, 0.29) is 13.2 Å². The van der Waals surface area contributed by atoms with E-state index in [4.69, 9.17) is 19.7 Å². The topological polar surface area (TPSA) is 152 Å². The Morgan fingerprint density at radius 2 is 1.62 bits per heavy atom. The number of rotatable bonds is 4. The van der Waals surface area contributed by atoms with Crippen molar-refractivity contribution in [1.29, 1.82) is 0 Å². The molecule has 2 aliphatic heterocycles. The Balaban J connectivity index is 2.00. The normalized spacial score (nSPS) is 48.3. The summed E-state index contributed by atoms with van der Waals surface area (Å²) >= 11 is 0. The molecule has 2 heterocycles. The van der Waals surface area contributed by atoms with E-state index in [2.05, 4.69) is 5.32 Å². The monoisotopic (exact) mass is 309 g/mol. The summed E-state index contributed by atoms with van der Waals surface area (Å²) in [5.41, 5.74) is 0. The van der Waals surface area contributed by atoms with Crippen molar-refractivity contribution in [2.24, 2.45) is 5.92 Å². The first-order valence-corrected chi connectivity index (χ1v) is 6.95. The van der Waals surface area contributed by atoms with Gasteiger partial charge in [0, 0.05) is 25.6 Å². The van der Waals surface area contributed by atoms with E-state index in [1.165, 1.54) is 0 Å². The highest BCUT2D eigenvalue weighted by Gasteiger charge is 2.46. The van der Waals surface area contributed by atoms with Crippen LogP contribution in [0.15, 0.2) is 0 Å². The Morgan fingerprint density at radius 3 is 2.24 bits per heavy atom. The standard InChI is InChI=1S/C12H23NO8/c14-3-5-1-13-2-6(8(5)16)20-12-11(19)10(18)9(17)7(4-15)21-12/h5-19H,1-4H2/t5-,6-,7-,8-,9-,10+,11-,12-/m1/s1. The number of hydrogen-bond acceptors (Lipinski definition) is 9. The number of aliphatic hydroxyl groups excluding tert-OH is 6. The molecule has 0 bridgehead atoms. The first kappa shape index (κ1) is 17.0. The summed E-state index contributed by atoms with van der Waals surface area (Å²) in [4.78, 5) is 0. The van der Waals surface area contributed by atoms with E-state index in [1.807, 2.05) is 0 Å². The number of piperidine rings is 1. The molecule has 2 fully saturated rings. The molecule has 21 heavy (non-hydrogen) atoms. The van der Waals surface area contributed by atoms with Crippen LogP contribution in [0.1, 0.15) is 0 Å². The highest BCUT2D eigenvalue weighted by Crippen LogP contribution is 2.25. The maximum absolute atomic E-state index is 10.1. The molecule has 8 atom stereocenters. The Labute approximate surface area is 121 Å². The van der Waals surface area contributed by atoms with Crippen LogP contribution >= 0.6 is 0 Å². The number of ether oxygens (including phenoxy) is 2. The molecule has 0 unspecified atom stereocenters. The van der Waals surface area contributed by atoms with Gasteiger partial charge in [-0.3, -0.25) is 0 Å². The van der Waals surface area contributed by atoms with Gasteiger partial charge in [-0.2, -0.15) is 0 Å². The smallest absolute Gasteiger partial charge is 0.187 e. The van der Waals surface area contributed by atoms with Crippen LogP contribution in [-0.4, -0.2) is 99.9 Å². The fourth-order valence-corrected chi connectivity index (χ4v) is 2.61. The summed E-state index contributed by atoms with van der Waals surface area (Å²) < 4.78 is 10.7. The predicted molar refractivity (Wildman–Crippen MR) is 68.1 cm³/mol. The summed E-state index contributed by atoms with van der Waals surface area (Å²) in [5, 5.41) is 60.5. The predicted octanol–water partition coefficient (Wildman–Crippen LogP) is -4.26. The maximum Gasteiger partial charge on any atom is 0.187 e. The summed E-state index contributed by atoms with van der Waals surface area (Å²) in [5.74, 6) is -0.409. The molecular weight excluding hydrogens is 286 g/mol. The first-order chi connectivity index (χ1) is 9.99. The van der Waals surface area contributed by atoms with Gasteiger partial charge < -0.3 is 45.4 Å². The third-order valence-corrected chi connectivity index (χ3v) is 4.01. The van der Waals surface area contributed by atoms with Crippen LogP contribution in [0.2, 0.25) is 0 Å². The molecular formula is C12H23NO8. The Morgan fingerprint density at radius 1 is 0.905 bits per heavy atom. The molecule has 2 rings (SSSR count). The van der Waals surface area contributed by atoms with Crippen LogP contribution in [0.5, 0.6) is 0 Å². The lowest BCUT2D eigenvalue weighted by atomic mass is 9.94. The van der Waals surface area contributed by atoms with Gasteiger partial charge in [0.1, 0.15) is 24.4 Å². The lowest BCUT2D eigenvalue weighted by molar-refractivity contribution is -0.319. The molecule has 9 heteroatoms. The summed E-state index contributed by atoms with van der Waals surface area (Å²) in [6, 6.07) is 0. The van der Waals surface area contributed by atoms with E-state index >= 15 is 0 Å². The third-order valence-electron chi connectivity index (χ3n) is 4.01. The molecule has 0 radical (unpaired) electrons. The summed E-state index contributed by atoms with van der Waals surface area (Å²) in [6.07, 6.45) is -8.55. The summed E-state index contributed by atoms with van der Waals surface area (Å²) in [7, 11) is 0. The molecule has 124 valence electrons. The average molecular weight is 309 g/mol. The lowest BCUT2D eigenvalue weighted by Gasteiger charge is -2.43. The number of aliphatic hydroxyl groups is 6. The van der Waals surface area contributed by atoms with Gasteiger partial charge in [-0.05, 0) is 0 Å². The van der Waals surface area contributed by atoms with Crippen molar-refractivity contribution in [3.8, 4) is 0 Å². The van der Waals surface area contributed by atoms with Gasteiger partial charge in [0.2, 0.25) is 0 Å².